The van der Waals surface area contributed by atoms with Gasteiger partial charge in [-0.2, -0.15) is 0 Å². The van der Waals surface area contributed by atoms with Crippen molar-refractivity contribution >= 4 is 11.9 Å². The SMILES string of the molecule is CC/C=C/C=C/C=C\C=C/C=C/CCCC(CC(=O)NC(CO)C(O)CCCCCCCCCCCCCCCC)OC(=O)CCCCCCCC/C=C/C=C/CCCCC. The number of esters is 1. The fourth-order valence-corrected chi connectivity index (χ4v) is 7.27. The molecule has 0 saturated carbocycles. The fourth-order valence-electron chi connectivity index (χ4n) is 7.27. The lowest BCUT2D eigenvalue weighted by molar-refractivity contribution is -0.151. The molecule has 3 N–H and O–H groups in total. The van der Waals surface area contributed by atoms with E-state index in [1.54, 1.807) is 0 Å². The standard InChI is InChI=1S/C55H95NO5/c1-4-7-10-13-16-19-22-25-27-30-33-36-39-42-45-48-55(60)61-51(46-43-40-37-34-31-28-24-21-18-15-12-9-6-3)49-54(59)56-52(50-57)53(58)47-44-41-38-35-32-29-26-23-20-17-14-11-8-5-2/h9,12,15-16,18-19,21-22,24-25,28,31,34,37,51-53,57-58H,4-8,10-11,13-14,17,20,23,26-27,29-30,32-33,35-36,38-50H2,1-3H3,(H,56,59)/b12-9+,18-15+,19-16+,24-21-,25-22+,31-28-,37-34+. The lowest BCUT2D eigenvalue weighted by Crippen LogP contribution is -2.46. The summed E-state index contributed by atoms with van der Waals surface area (Å²) in [5.74, 6) is -0.564. The number of rotatable bonds is 44. The molecule has 0 bridgehead atoms. The monoisotopic (exact) mass is 850 g/mol. The summed E-state index contributed by atoms with van der Waals surface area (Å²) >= 11 is 0. The van der Waals surface area contributed by atoms with Gasteiger partial charge in [-0.3, -0.25) is 9.59 Å². The zero-order chi connectivity index (χ0) is 44.5. The third-order valence-electron chi connectivity index (χ3n) is 11.1. The van der Waals surface area contributed by atoms with Crippen LogP contribution in [-0.4, -0.2) is 46.9 Å². The molecule has 0 radical (unpaired) electrons. The van der Waals surface area contributed by atoms with Crippen molar-refractivity contribution in [2.24, 2.45) is 0 Å². The van der Waals surface area contributed by atoms with Gasteiger partial charge in [0.25, 0.3) is 0 Å². The third-order valence-corrected chi connectivity index (χ3v) is 11.1. The van der Waals surface area contributed by atoms with Gasteiger partial charge in [-0.05, 0) is 64.2 Å². The minimum atomic E-state index is -0.812. The molecule has 0 aliphatic carbocycles. The average molecular weight is 850 g/mol. The molecule has 0 aliphatic rings. The van der Waals surface area contributed by atoms with Gasteiger partial charge in [-0.1, -0.05) is 234 Å². The molecule has 0 heterocycles. The normalized spacial score (nSPS) is 14.0. The zero-order valence-corrected chi connectivity index (χ0v) is 39.8. The van der Waals surface area contributed by atoms with E-state index in [0.717, 1.165) is 64.2 Å². The second-order valence-corrected chi connectivity index (χ2v) is 17.0. The van der Waals surface area contributed by atoms with Crippen molar-refractivity contribution in [3.8, 4) is 0 Å². The molecule has 61 heavy (non-hydrogen) atoms. The number of carbonyl (C=O) groups excluding carboxylic acids is 2. The molecule has 350 valence electrons. The Hall–Kier alpha value is -2.96. The van der Waals surface area contributed by atoms with Crippen LogP contribution in [-0.2, 0) is 14.3 Å². The Bertz CT molecular complexity index is 1180. The van der Waals surface area contributed by atoms with Gasteiger partial charge >= 0.3 is 5.97 Å². The van der Waals surface area contributed by atoms with Crippen molar-refractivity contribution in [3.05, 3.63) is 85.1 Å². The van der Waals surface area contributed by atoms with E-state index in [1.807, 2.05) is 48.6 Å². The highest BCUT2D eigenvalue weighted by atomic mass is 16.5. The number of aliphatic hydroxyl groups is 2. The Morgan fingerprint density at radius 1 is 0.492 bits per heavy atom. The average Bonchev–Trinajstić information content (AvgIpc) is 3.25. The first-order valence-corrected chi connectivity index (χ1v) is 25.4. The van der Waals surface area contributed by atoms with Gasteiger partial charge in [0, 0.05) is 6.42 Å². The van der Waals surface area contributed by atoms with Crippen molar-refractivity contribution < 1.29 is 24.5 Å². The van der Waals surface area contributed by atoms with Crippen LogP contribution in [0.4, 0.5) is 0 Å². The van der Waals surface area contributed by atoms with E-state index >= 15 is 0 Å². The Morgan fingerprint density at radius 2 is 0.902 bits per heavy atom. The summed E-state index contributed by atoms with van der Waals surface area (Å²) in [5, 5.41) is 23.7. The van der Waals surface area contributed by atoms with Crippen LogP contribution in [0.15, 0.2) is 85.1 Å². The van der Waals surface area contributed by atoms with Crippen molar-refractivity contribution in [2.45, 2.75) is 244 Å². The molecular weight excluding hydrogens is 755 g/mol. The number of amides is 1. The van der Waals surface area contributed by atoms with E-state index in [1.165, 1.54) is 116 Å². The summed E-state index contributed by atoms with van der Waals surface area (Å²) in [7, 11) is 0. The molecular formula is C55H95NO5. The first-order valence-electron chi connectivity index (χ1n) is 25.4. The number of hydrogen-bond donors (Lipinski definition) is 3. The first kappa shape index (κ1) is 58.0. The smallest absolute Gasteiger partial charge is 0.306 e. The molecule has 3 unspecified atom stereocenters. The molecule has 3 atom stereocenters. The number of hydrogen-bond acceptors (Lipinski definition) is 5. The summed E-state index contributed by atoms with van der Waals surface area (Å²) in [6.45, 7) is 6.28. The second kappa shape index (κ2) is 48.1. The summed E-state index contributed by atoms with van der Waals surface area (Å²) in [6.07, 6.45) is 62.1. The van der Waals surface area contributed by atoms with Crippen LogP contribution >= 0.6 is 0 Å². The quantitative estimate of drug-likeness (QED) is 0.0322. The molecule has 6 heteroatoms. The van der Waals surface area contributed by atoms with Crippen molar-refractivity contribution in [1.29, 1.82) is 0 Å². The van der Waals surface area contributed by atoms with E-state index in [0.29, 0.717) is 19.3 Å². The van der Waals surface area contributed by atoms with Gasteiger partial charge in [-0.25, -0.2) is 0 Å². The Morgan fingerprint density at radius 3 is 1.43 bits per heavy atom. The van der Waals surface area contributed by atoms with Gasteiger partial charge in [0.05, 0.1) is 25.2 Å². The highest BCUT2D eigenvalue weighted by molar-refractivity contribution is 5.77. The van der Waals surface area contributed by atoms with Crippen molar-refractivity contribution in [3.63, 3.8) is 0 Å². The maximum atomic E-state index is 13.2. The van der Waals surface area contributed by atoms with E-state index < -0.39 is 18.2 Å². The van der Waals surface area contributed by atoms with Crippen LogP contribution in [0.25, 0.3) is 0 Å². The van der Waals surface area contributed by atoms with Crippen molar-refractivity contribution in [2.75, 3.05) is 6.61 Å². The summed E-state index contributed by atoms with van der Waals surface area (Å²) in [6, 6.07) is -0.730. The lowest BCUT2D eigenvalue weighted by atomic mass is 10.0. The number of nitrogens with one attached hydrogen (secondary N) is 1. The predicted octanol–water partition coefficient (Wildman–Crippen LogP) is 15.2. The van der Waals surface area contributed by atoms with E-state index in [-0.39, 0.29) is 24.9 Å². The largest absolute Gasteiger partial charge is 0.462 e. The maximum absolute atomic E-state index is 13.2. The van der Waals surface area contributed by atoms with Gasteiger partial charge < -0.3 is 20.3 Å². The van der Waals surface area contributed by atoms with Gasteiger partial charge in [0.2, 0.25) is 5.91 Å². The Kier molecular flexibility index (Phi) is 45.7. The number of unbranched alkanes of at least 4 members (excludes halogenated alkanes) is 23. The van der Waals surface area contributed by atoms with Crippen molar-refractivity contribution in [1.82, 2.24) is 5.32 Å². The molecule has 0 fully saturated rings. The summed E-state index contributed by atoms with van der Waals surface area (Å²) in [5.41, 5.74) is 0. The maximum Gasteiger partial charge on any atom is 0.306 e. The molecule has 0 aromatic rings. The minimum Gasteiger partial charge on any atom is -0.462 e. The number of carbonyl (C=O) groups is 2. The highest BCUT2D eigenvalue weighted by Crippen LogP contribution is 2.17. The molecule has 0 aliphatic heterocycles. The highest BCUT2D eigenvalue weighted by Gasteiger charge is 2.24. The second-order valence-electron chi connectivity index (χ2n) is 17.0. The molecule has 6 nitrogen and oxygen atoms in total. The van der Waals surface area contributed by atoms with Crippen LogP contribution in [0.2, 0.25) is 0 Å². The van der Waals surface area contributed by atoms with Crippen LogP contribution in [0.3, 0.4) is 0 Å². The number of allylic oxidation sites excluding steroid dienone is 14. The molecule has 0 saturated heterocycles. The first-order chi connectivity index (χ1) is 30.0. The van der Waals surface area contributed by atoms with Gasteiger partial charge in [0.1, 0.15) is 6.10 Å². The molecule has 0 rings (SSSR count). The fraction of sp³-hybridized carbons (Fsp3) is 0.709. The van der Waals surface area contributed by atoms with Crippen LogP contribution in [0.5, 0.6) is 0 Å². The third kappa shape index (κ3) is 43.5. The molecule has 0 spiro atoms. The van der Waals surface area contributed by atoms with Gasteiger partial charge in [0.15, 0.2) is 0 Å². The topological polar surface area (TPSA) is 95.9 Å². The Balaban J connectivity index is 4.69. The van der Waals surface area contributed by atoms with E-state index in [4.69, 9.17) is 4.74 Å². The van der Waals surface area contributed by atoms with Gasteiger partial charge in [-0.15, -0.1) is 0 Å². The summed E-state index contributed by atoms with van der Waals surface area (Å²) < 4.78 is 5.88. The minimum absolute atomic E-state index is 0.0201. The number of aliphatic hydroxyl groups excluding tert-OH is 2. The number of ether oxygens (including phenoxy) is 1. The predicted molar refractivity (Wildman–Crippen MR) is 264 cm³/mol. The zero-order valence-electron chi connectivity index (χ0n) is 39.8. The van der Waals surface area contributed by atoms with E-state index in [2.05, 4.69) is 62.5 Å². The molecule has 0 aromatic carbocycles. The van der Waals surface area contributed by atoms with Crippen LogP contribution in [0.1, 0.15) is 226 Å². The van der Waals surface area contributed by atoms with E-state index in [9.17, 15) is 19.8 Å². The summed E-state index contributed by atoms with van der Waals surface area (Å²) in [4.78, 5) is 26.1. The van der Waals surface area contributed by atoms with Crippen LogP contribution < -0.4 is 5.32 Å². The molecule has 1 amide bonds. The van der Waals surface area contributed by atoms with Crippen LogP contribution in [0, 0.1) is 0 Å². The Labute approximate surface area is 376 Å². The lowest BCUT2D eigenvalue weighted by Gasteiger charge is -2.24. The molecule has 0 aromatic heterocycles.